The predicted molar refractivity (Wildman–Crippen MR) is 69.2 cm³/mol. The van der Waals surface area contributed by atoms with Crippen molar-refractivity contribution in [3.8, 4) is 0 Å². The van der Waals surface area contributed by atoms with Crippen LogP contribution in [0.2, 0.25) is 0 Å². The molecule has 3 nitrogen and oxygen atoms in total. The molecule has 0 spiro atoms. The molecule has 0 aliphatic carbocycles. The molecule has 0 atom stereocenters. The van der Waals surface area contributed by atoms with Crippen molar-refractivity contribution in [3.63, 3.8) is 0 Å². The number of benzene rings is 1. The molecule has 0 fully saturated rings. The number of carbonyl (C=O) groups excluding carboxylic acids is 1. The van der Waals surface area contributed by atoms with Crippen molar-refractivity contribution < 1.29 is 4.79 Å². The highest BCUT2D eigenvalue weighted by atomic mass is 32.1. The van der Waals surface area contributed by atoms with Crippen LogP contribution in [0.15, 0.2) is 29.6 Å². The van der Waals surface area contributed by atoms with Gasteiger partial charge in [0.05, 0.1) is 17.1 Å². The van der Waals surface area contributed by atoms with E-state index in [2.05, 4.69) is 4.98 Å². The number of ketones is 1. The van der Waals surface area contributed by atoms with Crippen molar-refractivity contribution in [2.75, 3.05) is 0 Å². The van der Waals surface area contributed by atoms with Crippen molar-refractivity contribution in [2.45, 2.75) is 19.9 Å². The van der Waals surface area contributed by atoms with E-state index in [9.17, 15) is 4.79 Å². The minimum Gasteiger partial charge on any atom is -0.326 e. The SMILES string of the molecule is Cc1nc(CC(=O)c2ccc(CN)cc2)cs1. The standard InChI is InChI=1S/C13H14N2OS/c1-9-15-12(8-17-9)6-13(16)11-4-2-10(7-14)3-5-11/h2-5,8H,6-7,14H2,1H3. The number of thiazole rings is 1. The number of nitrogens with zero attached hydrogens (tertiary/aromatic N) is 1. The van der Waals surface area contributed by atoms with Crippen molar-refractivity contribution in [1.82, 2.24) is 4.98 Å². The summed E-state index contributed by atoms with van der Waals surface area (Å²) in [5.74, 6) is 0.0962. The van der Waals surface area contributed by atoms with E-state index < -0.39 is 0 Å². The molecule has 0 unspecified atom stereocenters. The summed E-state index contributed by atoms with van der Waals surface area (Å²) < 4.78 is 0. The van der Waals surface area contributed by atoms with Crippen LogP contribution < -0.4 is 5.73 Å². The minimum atomic E-state index is 0.0962. The number of Topliss-reactive ketones (excluding diaryl/α,β-unsaturated/α-hetero) is 1. The number of rotatable bonds is 4. The van der Waals surface area contributed by atoms with E-state index in [4.69, 9.17) is 5.73 Å². The lowest BCUT2D eigenvalue weighted by Gasteiger charge is -2.00. The Kier molecular flexibility index (Phi) is 3.66. The Labute approximate surface area is 104 Å². The zero-order chi connectivity index (χ0) is 12.3. The molecule has 17 heavy (non-hydrogen) atoms. The van der Waals surface area contributed by atoms with E-state index >= 15 is 0 Å². The molecule has 4 heteroatoms. The van der Waals surface area contributed by atoms with Crippen LogP contribution in [0.25, 0.3) is 0 Å². The summed E-state index contributed by atoms with van der Waals surface area (Å²) in [6.07, 6.45) is 0.367. The molecule has 2 aromatic rings. The number of hydrogen-bond donors (Lipinski definition) is 1. The second-order valence-electron chi connectivity index (χ2n) is 3.86. The number of aryl methyl sites for hydroxylation is 1. The maximum absolute atomic E-state index is 12.0. The van der Waals surface area contributed by atoms with Gasteiger partial charge in [-0.15, -0.1) is 11.3 Å². The molecule has 0 bridgehead atoms. The second-order valence-corrected chi connectivity index (χ2v) is 4.92. The van der Waals surface area contributed by atoms with E-state index in [1.165, 1.54) is 0 Å². The van der Waals surface area contributed by atoms with Gasteiger partial charge >= 0.3 is 0 Å². The van der Waals surface area contributed by atoms with Gasteiger partial charge in [0.15, 0.2) is 5.78 Å². The Bertz CT molecular complexity index is 516. The van der Waals surface area contributed by atoms with Gasteiger partial charge < -0.3 is 5.73 Å². The van der Waals surface area contributed by atoms with Gasteiger partial charge in [0.1, 0.15) is 0 Å². The second kappa shape index (κ2) is 5.21. The Morgan fingerprint density at radius 2 is 2.06 bits per heavy atom. The highest BCUT2D eigenvalue weighted by Gasteiger charge is 2.08. The van der Waals surface area contributed by atoms with Gasteiger partial charge in [-0.2, -0.15) is 0 Å². The topological polar surface area (TPSA) is 56.0 Å². The van der Waals surface area contributed by atoms with Gasteiger partial charge in [0.2, 0.25) is 0 Å². The quantitative estimate of drug-likeness (QED) is 0.842. The zero-order valence-electron chi connectivity index (χ0n) is 9.64. The van der Waals surface area contributed by atoms with E-state index in [-0.39, 0.29) is 5.78 Å². The lowest BCUT2D eigenvalue weighted by atomic mass is 10.1. The molecule has 0 aliphatic rings. The number of nitrogens with two attached hydrogens (primary N) is 1. The molecule has 2 rings (SSSR count). The summed E-state index contributed by atoms with van der Waals surface area (Å²) in [5, 5.41) is 2.92. The Morgan fingerprint density at radius 1 is 1.35 bits per heavy atom. The normalized spacial score (nSPS) is 10.5. The van der Waals surface area contributed by atoms with Crippen LogP contribution in [-0.4, -0.2) is 10.8 Å². The van der Waals surface area contributed by atoms with Crippen molar-refractivity contribution in [1.29, 1.82) is 0 Å². The van der Waals surface area contributed by atoms with Crippen LogP contribution in [0.4, 0.5) is 0 Å². The van der Waals surface area contributed by atoms with Gasteiger partial charge in [-0.25, -0.2) is 4.98 Å². The smallest absolute Gasteiger partial charge is 0.168 e. The Balaban J connectivity index is 2.09. The summed E-state index contributed by atoms with van der Waals surface area (Å²) in [7, 11) is 0. The molecule has 88 valence electrons. The summed E-state index contributed by atoms with van der Waals surface area (Å²) in [5.41, 5.74) is 8.11. The van der Waals surface area contributed by atoms with Gasteiger partial charge in [0.25, 0.3) is 0 Å². The van der Waals surface area contributed by atoms with Crippen molar-refractivity contribution >= 4 is 17.1 Å². The molecule has 1 heterocycles. The van der Waals surface area contributed by atoms with E-state index in [0.29, 0.717) is 18.5 Å². The van der Waals surface area contributed by atoms with Gasteiger partial charge in [-0.1, -0.05) is 24.3 Å². The van der Waals surface area contributed by atoms with Crippen molar-refractivity contribution in [2.24, 2.45) is 5.73 Å². The molecule has 1 aromatic heterocycles. The van der Waals surface area contributed by atoms with Crippen LogP contribution in [0.5, 0.6) is 0 Å². The number of aromatic nitrogens is 1. The Hall–Kier alpha value is -1.52. The third-order valence-corrected chi connectivity index (χ3v) is 3.34. The van der Waals surface area contributed by atoms with Gasteiger partial charge in [-0.3, -0.25) is 4.79 Å². The monoisotopic (exact) mass is 246 g/mol. The van der Waals surface area contributed by atoms with E-state index in [1.54, 1.807) is 11.3 Å². The largest absolute Gasteiger partial charge is 0.326 e. The molecule has 0 saturated carbocycles. The predicted octanol–water partition coefficient (Wildman–Crippen LogP) is 2.34. The van der Waals surface area contributed by atoms with E-state index in [1.807, 2.05) is 36.6 Å². The first-order chi connectivity index (χ1) is 8.19. The molecule has 0 saturated heterocycles. The average molecular weight is 246 g/mol. The zero-order valence-corrected chi connectivity index (χ0v) is 10.5. The fraction of sp³-hybridized carbons (Fsp3) is 0.231. The Morgan fingerprint density at radius 3 is 2.59 bits per heavy atom. The summed E-state index contributed by atoms with van der Waals surface area (Å²) in [6.45, 7) is 2.44. The lowest BCUT2D eigenvalue weighted by Crippen LogP contribution is -2.04. The van der Waals surface area contributed by atoms with Gasteiger partial charge in [-0.05, 0) is 12.5 Å². The maximum atomic E-state index is 12.0. The fourth-order valence-electron chi connectivity index (χ4n) is 1.58. The van der Waals surface area contributed by atoms with E-state index in [0.717, 1.165) is 16.3 Å². The number of hydrogen-bond acceptors (Lipinski definition) is 4. The van der Waals surface area contributed by atoms with Gasteiger partial charge in [0, 0.05) is 17.5 Å². The molecular formula is C13H14N2OS. The third-order valence-electron chi connectivity index (χ3n) is 2.52. The molecular weight excluding hydrogens is 232 g/mol. The van der Waals surface area contributed by atoms with Crippen molar-refractivity contribution in [3.05, 3.63) is 51.5 Å². The summed E-state index contributed by atoms with van der Waals surface area (Å²) >= 11 is 1.57. The first kappa shape index (κ1) is 12.0. The van der Waals surface area contributed by atoms with Crippen LogP contribution in [0.3, 0.4) is 0 Å². The molecule has 0 aliphatic heterocycles. The average Bonchev–Trinajstić information content (AvgIpc) is 2.75. The van der Waals surface area contributed by atoms with Crippen LogP contribution in [-0.2, 0) is 13.0 Å². The number of carbonyl (C=O) groups is 1. The molecule has 0 radical (unpaired) electrons. The third kappa shape index (κ3) is 2.99. The highest BCUT2D eigenvalue weighted by Crippen LogP contribution is 2.12. The fourth-order valence-corrected chi connectivity index (χ4v) is 2.20. The molecule has 2 N–H and O–H groups in total. The molecule has 1 aromatic carbocycles. The first-order valence-electron chi connectivity index (χ1n) is 5.42. The summed E-state index contributed by atoms with van der Waals surface area (Å²) in [4.78, 5) is 16.2. The highest BCUT2D eigenvalue weighted by molar-refractivity contribution is 7.09. The van der Waals surface area contributed by atoms with Crippen LogP contribution in [0.1, 0.15) is 26.6 Å². The minimum absolute atomic E-state index is 0.0962. The first-order valence-corrected chi connectivity index (χ1v) is 6.30. The lowest BCUT2D eigenvalue weighted by molar-refractivity contribution is 0.0992. The van der Waals surface area contributed by atoms with Crippen LogP contribution in [0, 0.1) is 6.92 Å². The summed E-state index contributed by atoms with van der Waals surface area (Å²) in [6, 6.07) is 7.42. The van der Waals surface area contributed by atoms with Crippen LogP contribution >= 0.6 is 11.3 Å². The molecule has 0 amide bonds. The maximum Gasteiger partial charge on any atom is 0.168 e.